The largest absolute Gasteiger partial charge is 0.467 e. The monoisotopic (exact) mass is 417 g/mol. The van der Waals surface area contributed by atoms with Gasteiger partial charge in [-0.2, -0.15) is 0 Å². The molecule has 0 aliphatic carbocycles. The van der Waals surface area contributed by atoms with Crippen molar-refractivity contribution in [2.75, 3.05) is 17.2 Å². The molecule has 3 N–H and O–H groups in total. The first-order chi connectivity index (χ1) is 13.5. The van der Waals surface area contributed by atoms with Gasteiger partial charge < -0.3 is 20.4 Å². The number of anilines is 2. The lowest BCUT2D eigenvalue weighted by atomic mass is 10.1. The van der Waals surface area contributed by atoms with Crippen LogP contribution in [0.5, 0.6) is 0 Å². The summed E-state index contributed by atoms with van der Waals surface area (Å²) in [4.78, 5) is 24.7. The van der Waals surface area contributed by atoms with Gasteiger partial charge in [-0.3, -0.25) is 9.59 Å². The van der Waals surface area contributed by atoms with Gasteiger partial charge in [-0.15, -0.1) is 0 Å². The van der Waals surface area contributed by atoms with E-state index in [0.717, 1.165) is 0 Å². The van der Waals surface area contributed by atoms with Gasteiger partial charge in [-0.1, -0.05) is 41.4 Å². The van der Waals surface area contributed by atoms with Crippen molar-refractivity contribution in [2.24, 2.45) is 0 Å². The lowest BCUT2D eigenvalue weighted by molar-refractivity contribution is -0.114. The number of para-hydroxylation sites is 1. The third-order valence-corrected chi connectivity index (χ3v) is 4.66. The summed E-state index contributed by atoms with van der Waals surface area (Å²) in [7, 11) is 0. The van der Waals surface area contributed by atoms with Crippen molar-refractivity contribution in [1.82, 2.24) is 5.32 Å². The molecule has 144 valence electrons. The fourth-order valence-electron chi connectivity index (χ4n) is 2.48. The summed E-state index contributed by atoms with van der Waals surface area (Å²) in [6.07, 6.45) is 1.54. The molecular weight excluding hydrogens is 401 g/mol. The summed E-state index contributed by atoms with van der Waals surface area (Å²) in [5, 5.41) is 9.06. The molecule has 0 saturated carbocycles. The molecule has 28 heavy (non-hydrogen) atoms. The molecule has 3 rings (SSSR count). The van der Waals surface area contributed by atoms with E-state index < -0.39 is 0 Å². The van der Waals surface area contributed by atoms with Crippen LogP contribution in [0.1, 0.15) is 16.1 Å². The standard InChI is InChI=1S/C20H17Cl2N3O3/c21-15-7-3-9-17(19(15)22)25-18(26)12-23-16-8-2-1-6-14(16)20(27)24-11-13-5-4-10-28-13/h1-10,23H,11-12H2,(H,24,27)(H,25,26). The fourth-order valence-corrected chi connectivity index (χ4v) is 2.83. The van der Waals surface area contributed by atoms with Gasteiger partial charge in [0.15, 0.2) is 0 Å². The van der Waals surface area contributed by atoms with E-state index >= 15 is 0 Å². The topological polar surface area (TPSA) is 83.4 Å². The highest BCUT2D eigenvalue weighted by Gasteiger charge is 2.13. The van der Waals surface area contributed by atoms with E-state index in [1.54, 1.807) is 60.9 Å². The quantitative estimate of drug-likeness (QED) is 0.525. The highest BCUT2D eigenvalue weighted by molar-refractivity contribution is 6.44. The zero-order chi connectivity index (χ0) is 19.9. The van der Waals surface area contributed by atoms with Crippen molar-refractivity contribution >= 4 is 46.4 Å². The average molecular weight is 418 g/mol. The van der Waals surface area contributed by atoms with Crippen LogP contribution in [-0.2, 0) is 11.3 Å². The molecule has 8 heteroatoms. The summed E-state index contributed by atoms with van der Waals surface area (Å²) in [5.74, 6) is 0.0457. The van der Waals surface area contributed by atoms with E-state index in [4.69, 9.17) is 27.6 Å². The van der Waals surface area contributed by atoms with E-state index in [9.17, 15) is 9.59 Å². The third-order valence-electron chi connectivity index (χ3n) is 3.84. The van der Waals surface area contributed by atoms with Crippen LogP contribution in [0.2, 0.25) is 10.0 Å². The van der Waals surface area contributed by atoms with E-state index in [0.29, 0.717) is 27.7 Å². The van der Waals surface area contributed by atoms with Crippen LogP contribution in [0.4, 0.5) is 11.4 Å². The minimum Gasteiger partial charge on any atom is -0.467 e. The van der Waals surface area contributed by atoms with Crippen molar-refractivity contribution < 1.29 is 14.0 Å². The Bertz CT molecular complexity index is 975. The number of carbonyl (C=O) groups excluding carboxylic acids is 2. The van der Waals surface area contributed by atoms with Crippen molar-refractivity contribution in [3.63, 3.8) is 0 Å². The predicted molar refractivity (Wildman–Crippen MR) is 110 cm³/mol. The van der Waals surface area contributed by atoms with Crippen LogP contribution in [0.3, 0.4) is 0 Å². The molecule has 0 radical (unpaired) electrons. The van der Waals surface area contributed by atoms with Crippen LogP contribution >= 0.6 is 23.2 Å². The summed E-state index contributed by atoms with van der Waals surface area (Å²) >= 11 is 12.0. The Labute approximate surface area is 171 Å². The molecule has 3 aromatic rings. The maximum absolute atomic E-state index is 12.5. The van der Waals surface area contributed by atoms with Crippen LogP contribution in [0, 0.1) is 0 Å². The predicted octanol–water partition coefficient (Wildman–Crippen LogP) is 4.57. The molecule has 1 heterocycles. The Kier molecular flexibility index (Phi) is 6.57. The number of carbonyl (C=O) groups is 2. The van der Waals surface area contributed by atoms with Crippen LogP contribution in [0.25, 0.3) is 0 Å². The number of rotatable bonds is 7. The van der Waals surface area contributed by atoms with E-state index in [1.807, 2.05) is 0 Å². The van der Waals surface area contributed by atoms with E-state index in [1.165, 1.54) is 0 Å². The second-order valence-electron chi connectivity index (χ2n) is 5.81. The maximum Gasteiger partial charge on any atom is 0.253 e. The number of benzene rings is 2. The van der Waals surface area contributed by atoms with Crippen molar-refractivity contribution in [3.8, 4) is 0 Å². The van der Waals surface area contributed by atoms with Gasteiger partial charge in [0.2, 0.25) is 5.91 Å². The first-order valence-corrected chi connectivity index (χ1v) is 9.17. The molecule has 6 nitrogen and oxygen atoms in total. The van der Waals surface area contributed by atoms with Gasteiger partial charge in [0, 0.05) is 5.69 Å². The third kappa shape index (κ3) is 5.06. The van der Waals surface area contributed by atoms with Crippen molar-refractivity contribution in [3.05, 3.63) is 82.2 Å². The maximum atomic E-state index is 12.5. The highest BCUT2D eigenvalue weighted by atomic mass is 35.5. The van der Waals surface area contributed by atoms with E-state index in [2.05, 4.69) is 16.0 Å². The van der Waals surface area contributed by atoms with Crippen LogP contribution < -0.4 is 16.0 Å². The van der Waals surface area contributed by atoms with Crippen LogP contribution in [0.15, 0.2) is 65.3 Å². The van der Waals surface area contributed by atoms with Gasteiger partial charge in [0.25, 0.3) is 5.91 Å². The molecule has 0 unspecified atom stereocenters. The zero-order valence-electron chi connectivity index (χ0n) is 14.7. The summed E-state index contributed by atoms with van der Waals surface area (Å²) < 4.78 is 5.20. The molecule has 0 aliphatic heterocycles. The summed E-state index contributed by atoms with van der Waals surface area (Å²) in [6, 6.07) is 15.4. The second kappa shape index (κ2) is 9.30. The van der Waals surface area contributed by atoms with Gasteiger partial charge >= 0.3 is 0 Å². The molecule has 2 amide bonds. The first-order valence-electron chi connectivity index (χ1n) is 8.42. The van der Waals surface area contributed by atoms with Gasteiger partial charge in [0.1, 0.15) is 5.76 Å². The molecule has 2 aromatic carbocycles. The SMILES string of the molecule is O=C(CNc1ccccc1C(=O)NCc1ccco1)Nc1cccc(Cl)c1Cl. The number of halogens is 2. The van der Waals surface area contributed by atoms with E-state index in [-0.39, 0.29) is 29.9 Å². The molecular formula is C20H17Cl2N3O3. The van der Waals surface area contributed by atoms with Gasteiger partial charge in [0.05, 0.1) is 40.6 Å². The summed E-state index contributed by atoms with van der Waals surface area (Å²) in [5.41, 5.74) is 1.37. The number of hydrogen-bond acceptors (Lipinski definition) is 4. The highest BCUT2D eigenvalue weighted by Crippen LogP contribution is 2.29. The summed E-state index contributed by atoms with van der Waals surface area (Å²) in [6.45, 7) is 0.221. The molecule has 1 aromatic heterocycles. The molecule has 0 bridgehead atoms. The second-order valence-corrected chi connectivity index (χ2v) is 6.60. The normalized spacial score (nSPS) is 10.4. The van der Waals surface area contributed by atoms with Gasteiger partial charge in [-0.05, 0) is 36.4 Å². The van der Waals surface area contributed by atoms with Crippen molar-refractivity contribution in [1.29, 1.82) is 0 Å². The minimum absolute atomic E-state index is 0.0503. The van der Waals surface area contributed by atoms with Gasteiger partial charge in [-0.25, -0.2) is 0 Å². The average Bonchev–Trinajstić information content (AvgIpc) is 3.22. The van der Waals surface area contributed by atoms with Crippen molar-refractivity contribution in [2.45, 2.75) is 6.54 Å². The minimum atomic E-state index is -0.324. The Balaban J connectivity index is 1.60. The Hall–Kier alpha value is -2.96. The van der Waals surface area contributed by atoms with Crippen LogP contribution in [-0.4, -0.2) is 18.4 Å². The molecule has 0 spiro atoms. The lowest BCUT2D eigenvalue weighted by Gasteiger charge is -2.13. The molecule has 0 fully saturated rings. The zero-order valence-corrected chi connectivity index (χ0v) is 16.2. The fraction of sp³-hybridized carbons (Fsp3) is 0.100. The Morgan fingerprint density at radius 3 is 2.50 bits per heavy atom. The number of hydrogen-bond donors (Lipinski definition) is 3. The number of nitrogens with one attached hydrogen (secondary N) is 3. The smallest absolute Gasteiger partial charge is 0.253 e. The first kappa shape index (κ1) is 19.8. The Morgan fingerprint density at radius 2 is 1.71 bits per heavy atom. The molecule has 0 aliphatic rings. The molecule has 0 atom stereocenters. The number of furan rings is 1. The lowest BCUT2D eigenvalue weighted by Crippen LogP contribution is -2.26. The molecule has 0 saturated heterocycles. The Morgan fingerprint density at radius 1 is 0.929 bits per heavy atom. The number of amides is 2.